The Kier molecular flexibility index (Phi) is 7.14. The Hall–Kier alpha value is -4.41. The third-order valence-corrected chi connectivity index (χ3v) is 5.13. The lowest BCUT2D eigenvalue weighted by Gasteiger charge is -2.14. The number of carbonyl (C=O) groups is 1. The summed E-state index contributed by atoms with van der Waals surface area (Å²) in [4.78, 5) is 17.2. The monoisotopic (exact) mass is 514 g/mol. The number of carbonyl (C=O) groups excluding carboxylic acids is 1. The van der Waals surface area contributed by atoms with Crippen molar-refractivity contribution in [3.05, 3.63) is 83.7 Å². The van der Waals surface area contributed by atoms with Crippen molar-refractivity contribution < 1.29 is 31.8 Å². The molecular weight excluding hydrogens is 492 g/mol. The minimum Gasteiger partial charge on any atom is -0.496 e. The molecule has 0 saturated carbocycles. The maximum absolute atomic E-state index is 13.9. The molecule has 7 nitrogen and oxygen atoms in total. The van der Waals surface area contributed by atoms with Crippen LogP contribution in [0.4, 0.5) is 23.2 Å². The molecule has 1 heterocycles. The van der Waals surface area contributed by atoms with Gasteiger partial charge in [0.1, 0.15) is 11.6 Å². The number of amides is 1. The van der Waals surface area contributed by atoms with Gasteiger partial charge >= 0.3 is 12.2 Å². The third kappa shape index (κ3) is 5.88. The van der Waals surface area contributed by atoms with E-state index in [2.05, 4.69) is 15.4 Å². The van der Waals surface area contributed by atoms with E-state index in [0.29, 0.717) is 22.8 Å². The lowest BCUT2D eigenvalue weighted by atomic mass is 10.1. The largest absolute Gasteiger partial charge is 0.496 e. The van der Waals surface area contributed by atoms with Crippen molar-refractivity contribution in [2.24, 2.45) is 0 Å². The van der Waals surface area contributed by atoms with E-state index in [9.17, 15) is 22.4 Å². The molecule has 0 unspecified atom stereocenters. The summed E-state index contributed by atoms with van der Waals surface area (Å²) in [6.07, 6.45) is -4.91. The zero-order valence-electron chi connectivity index (χ0n) is 20.0. The average Bonchev–Trinajstić information content (AvgIpc) is 3.26. The molecule has 4 rings (SSSR count). The van der Waals surface area contributed by atoms with Gasteiger partial charge in [-0.15, -0.1) is 5.10 Å². The van der Waals surface area contributed by atoms with E-state index in [1.54, 1.807) is 30.3 Å². The minimum atomic E-state index is -4.70. The molecule has 0 fully saturated rings. The Morgan fingerprint density at radius 1 is 1.03 bits per heavy atom. The number of benzene rings is 3. The molecule has 3 aromatic carbocycles. The molecule has 0 saturated heterocycles. The first-order chi connectivity index (χ1) is 17.5. The number of nitrogens with one attached hydrogen (secondary N) is 1. The Morgan fingerprint density at radius 2 is 1.78 bits per heavy atom. The summed E-state index contributed by atoms with van der Waals surface area (Å²) in [6.45, 7) is 3.62. The first-order valence-corrected chi connectivity index (χ1v) is 11.1. The highest BCUT2D eigenvalue weighted by Crippen LogP contribution is 2.37. The number of ether oxygens (including phenoxy) is 2. The van der Waals surface area contributed by atoms with Crippen LogP contribution < -0.4 is 14.8 Å². The van der Waals surface area contributed by atoms with Crippen molar-refractivity contribution >= 4 is 11.6 Å². The maximum Gasteiger partial charge on any atom is 0.419 e. The summed E-state index contributed by atoms with van der Waals surface area (Å²) in [6, 6.07) is 15.4. The van der Waals surface area contributed by atoms with Gasteiger partial charge in [0.15, 0.2) is 5.82 Å². The topological polar surface area (TPSA) is 78.3 Å². The Balaban J connectivity index is 1.68. The quantitative estimate of drug-likeness (QED) is 0.300. The van der Waals surface area contributed by atoms with E-state index in [1.807, 2.05) is 13.8 Å². The summed E-state index contributed by atoms with van der Waals surface area (Å²) < 4.78 is 65.8. The van der Waals surface area contributed by atoms with Gasteiger partial charge in [-0.25, -0.2) is 9.07 Å². The maximum atomic E-state index is 13.9. The Labute approximate surface area is 209 Å². The molecule has 37 heavy (non-hydrogen) atoms. The van der Waals surface area contributed by atoms with Gasteiger partial charge in [0, 0.05) is 16.8 Å². The van der Waals surface area contributed by atoms with Gasteiger partial charge in [-0.2, -0.15) is 18.2 Å². The minimum absolute atomic E-state index is 0.0709. The molecule has 1 aromatic heterocycles. The molecule has 0 radical (unpaired) electrons. The standard InChI is InChI=1S/C26H22F4N4O3/c1-15(2)37-25-32-23(16-6-4-7-18(27)12-16)34(33-25)20-9-5-8-19(14-20)31-24(35)17-10-11-22(36-3)21(13-17)26(28,29)30/h4-15H,1-3H3,(H,31,35). The van der Waals surface area contributed by atoms with Gasteiger partial charge in [-0.3, -0.25) is 4.79 Å². The molecule has 0 atom stereocenters. The normalized spacial score (nSPS) is 11.5. The number of rotatable bonds is 7. The molecule has 0 aliphatic rings. The lowest BCUT2D eigenvalue weighted by Crippen LogP contribution is -2.15. The fraction of sp³-hybridized carbons (Fsp3) is 0.192. The van der Waals surface area contributed by atoms with E-state index >= 15 is 0 Å². The number of hydrogen-bond donors (Lipinski definition) is 1. The van der Waals surface area contributed by atoms with Gasteiger partial charge in [0.05, 0.1) is 24.5 Å². The predicted octanol–water partition coefficient (Wildman–Crippen LogP) is 6.14. The second kappa shape index (κ2) is 10.3. The Morgan fingerprint density at radius 3 is 2.46 bits per heavy atom. The predicted molar refractivity (Wildman–Crippen MR) is 128 cm³/mol. The van der Waals surface area contributed by atoms with Crippen LogP contribution in [0.1, 0.15) is 29.8 Å². The van der Waals surface area contributed by atoms with E-state index in [1.165, 1.54) is 28.9 Å². The molecule has 0 aliphatic heterocycles. The summed E-state index contributed by atoms with van der Waals surface area (Å²) >= 11 is 0. The van der Waals surface area contributed by atoms with Crippen LogP contribution in [0.15, 0.2) is 66.7 Å². The fourth-order valence-electron chi connectivity index (χ4n) is 3.54. The number of aromatic nitrogens is 3. The molecule has 1 N–H and O–H groups in total. The molecule has 4 aromatic rings. The second-order valence-corrected chi connectivity index (χ2v) is 8.22. The molecular formula is C26H22F4N4O3. The summed E-state index contributed by atoms with van der Waals surface area (Å²) in [5, 5.41) is 6.96. The zero-order valence-corrected chi connectivity index (χ0v) is 20.0. The molecule has 192 valence electrons. The molecule has 11 heteroatoms. The van der Waals surface area contributed by atoms with Crippen molar-refractivity contribution in [2.75, 3.05) is 12.4 Å². The summed E-state index contributed by atoms with van der Waals surface area (Å²) in [5.41, 5.74) is -0.0741. The average molecular weight is 514 g/mol. The van der Waals surface area contributed by atoms with Gasteiger partial charge in [-0.1, -0.05) is 18.2 Å². The highest BCUT2D eigenvalue weighted by molar-refractivity contribution is 6.04. The number of anilines is 1. The number of halogens is 4. The van der Waals surface area contributed by atoms with E-state index < -0.39 is 23.5 Å². The highest BCUT2D eigenvalue weighted by atomic mass is 19.4. The molecule has 0 bridgehead atoms. The van der Waals surface area contributed by atoms with Gasteiger partial charge in [0.2, 0.25) is 0 Å². The van der Waals surface area contributed by atoms with Crippen molar-refractivity contribution in [3.8, 4) is 28.8 Å². The van der Waals surface area contributed by atoms with Crippen LogP contribution in [0, 0.1) is 5.82 Å². The van der Waals surface area contributed by atoms with Crippen LogP contribution in [0.25, 0.3) is 17.1 Å². The third-order valence-electron chi connectivity index (χ3n) is 5.13. The molecule has 1 amide bonds. The summed E-state index contributed by atoms with van der Waals surface area (Å²) in [7, 11) is 1.12. The number of methoxy groups -OCH3 is 1. The van der Waals surface area contributed by atoms with E-state index in [-0.39, 0.29) is 23.4 Å². The summed E-state index contributed by atoms with van der Waals surface area (Å²) in [5.74, 6) is -1.31. The van der Waals surface area contributed by atoms with Gasteiger partial charge in [0.25, 0.3) is 5.91 Å². The van der Waals surface area contributed by atoms with Gasteiger partial charge < -0.3 is 14.8 Å². The first-order valence-electron chi connectivity index (χ1n) is 11.1. The van der Waals surface area contributed by atoms with Crippen LogP contribution in [0.3, 0.4) is 0 Å². The smallest absolute Gasteiger partial charge is 0.419 e. The van der Waals surface area contributed by atoms with Crippen molar-refractivity contribution in [1.29, 1.82) is 0 Å². The first kappa shape index (κ1) is 25.7. The van der Waals surface area contributed by atoms with Crippen LogP contribution in [0.5, 0.6) is 11.8 Å². The van der Waals surface area contributed by atoms with Crippen molar-refractivity contribution in [3.63, 3.8) is 0 Å². The van der Waals surface area contributed by atoms with Crippen molar-refractivity contribution in [1.82, 2.24) is 14.8 Å². The van der Waals surface area contributed by atoms with Gasteiger partial charge in [-0.05, 0) is 62.4 Å². The number of nitrogens with zero attached hydrogens (tertiary/aromatic N) is 3. The van der Waals surface area contributed by atoms with Crippen LogP contribution in [0.2, 0.25) is 0 Å². The molecule has 0 spiro atoms. The number of hydrogen-bond acceptors (Lipinski definition) is 5. The zero-order chi connectivity index (χ0) is 26.7. The van der Waals surface area contributed by atoms with Crippen LogP contribution >= 0.6 is 0 Å². The molecule has 0 aliphatic carbocycles. The fourth-order valence-corrected chi connectivity index (χ4v) is 3.54. The van der Waals surface area contributed by atoms with E-state index in [0.717, 1.165) is 19.2 Å². The van der Waals surface area contributed by atoms with E-state index in [4.69, 9.17) is 9.47 Å². The second-order valence-electron chi connectivity index (χ2n) is 8.22. The van der Waals surface area contributed by atoms with Crippen molar-refractivity contribution in [2.45, 2.75) is 26.1 Å². The number of alkyl halides is 3. The highest BCUT2D eigenvalue weighted by Gasteiger charge is 2.35. The van der Waals surface area contributed by atoms with Crippen LogP contribution in [-0.4, -0.2) is 33.9 Å². The lowest BCUT2D eigenvalue weighted by molar-refractivity contribution is -0.138. The SMILES string of the molecule is COc1ccc(C(=O)Nc2cccc(-n3nc(OC(C)C)nc3-c3cccc(F)c3)c2)cc1C(F)(F)F. The van der Waals surface area contributed by atoms with Crippen LogP contribution in [-0.2, 0) is 6.18 Å². The Bertz CT molecular complexity index is 1430.